The van der Waals surface area contributed by atoms with Crippen LogP contribution >= 0.6 is 12.4 Å². The number of rotatable bonds is 21. The Labute approximate surface area is 442 Å². The summed E-state index contributed by atoms with van der Waals surface area (Å²) in [6.07, 6.45) is 5.55. The van der Waals surface area contributed by atoms with Gasteiger partial charge in [0, 0.05) is 19.6 Å². The molecule has 1 atom stereocenters. The number of aryl methyl sites for hydroxylation is 2. The summed E-state index contributed by atoms with van der Waals surface area (Å²) in [6, 6.07) is 15.0. The summed E-state index contributed by atoms with van der Waals surface area (Å²) in [4.78, 5) is 75.1. The molecule has 0 aromatic heterocycles. The van der Waals surface area contributed by atoms with Gasteiger partial charge in [-0.2, -0.15) is 9.80 Å². The average Bonchev–Trinajstić information content (AvgIpc) is 3.26. The van der Waals surface area contributed by atoms with Crippen molar-refractivity contribution < 1.29 is 66.7 Å². The SMILES string of the molecule is C=C(C(=O)OC)N(C(=O)OC(C)(C)C)C(=O)OC(C)(C)C.CCCCCc1ccc(OCCN)cc1.CCCCCc1ccc(OCCNCC(C(=O)OC)N(C(=O)OC(C)(C)C)C(=O)OC(C)(C)C)cc1.Cl. The molecule has 4 amide bonds. The van der Waals surface area contributed by atoms with Crippen LogP contribution in [0, 0.1) is 0 Å². The van der Waals surface area contributed by atoms with E-state index in [4.69, 9.17) is 38.9 Å². The number of hydrogen-bond donors (Lipinski definition) is 2. The van der Waals surface area contributed by atoms with Gasteiger partial charge in [0.05, 0.1) is 14.2 Å². The Balaban J connectivity index is 0. The molecular weight excluding hydrogens is 964 g/mol. The molecule has 0 heterocycles. The van der Waals surface area contributed by atoms with Crippen LogP contribution in [0.3, 0.4) is 0 Å². The quantitative estimate of drug-likeness (QED) is 0.0514. The maximum absolute atomic E-state index is 12.9. The molecule has 0 saturated carbocycles. The van der Waals surface area contributed by atoms with E-state index in [1.807, 2.05) is 24.3 Å². The fourth-order valence-electron chi connectivity index (χ4n) is 5.81. The first-order chi connectivity index (χ1) is 33.4. The molecule has 2 rings (SSSR count). The molecular formula is C54H89ClN4O14. The largest absolute Gasteiger partial charge is 0.492 e. The van der Waals surface area contributed by atoms with Gasteiger partial charge in [0.2, 0.25) is 0 Å². The summed E-state index contributed by atoms with van der Waals surface area (Å²) in [7, 11) is 2.29. The zero-order valence-electron chi connectivity index (χ0n) is 46.7. The minimum absolute atomic E-state index is 0. The number of imide groups is 2. The number of nitrogens with two attached hydrogens (primary N) is 1. The van der Waals surface area contributed by atoms with Crippen molar-refractivity contribution in [3.8, 4) is 11.5 Å². The second kappa shape index (κ2) is 34.8. The summed E-state index contributed by atoms with van der Waals surface area (Å²) >= 11 is 0. The first kappa shape index (κ1) is 69.5. The van der Waals surface area contributed by atoms with Crippen molar-refractivity contribution in [2.45, 2.75) is 177 Å². The third-order valence-electron chi connectivity index (χ3n) is 9.06. The molecule has 18 nitrogen and oxygen atoms in total. The summed E-state index contributed by atoms with van der Waals surface area (Å²) in [5, 5.41) is 3.05. The van der Waals surface area contributed by atoms with Gasteiger partial charge >= 0.3 is 36.3 Å². The Morgan fingerprint density at radius 1 is 0.575 bits per heavy atom. The lowest BCUT2D eigenvalue weighted by molar-refractivity contribution is -0.146. The lowest BCUT2D eigenvalue weighted by atomic mass is 10.1. The number of nitrogens with one attached hydrogen (secondary N) is 1. The van der Waals surface area contributed by atoms with Crippen LogP contribution in [0.5, 0.6) is 11.5 Å². The molecule has 0 fully saturated rings. The summed E-state index contributed by atoms with van der Waals surface area (Å²) < 4.78 is 41.4. The Morgan fingerprint density at radius 3 is 1.27 bits per heavy atom. The van der Waals surface area contributed by atoms with Gasteiger partial charge in [0.15, 0.2) is 6.04 Å². The van der Waals surface area contributed by atoms with Gasteiger partial charge < -0.3 is 48.9 Å². The van der Waals surface area contributed by atoms with Gasteiger partial charge in [0.1, 0.15) is 52.8 Å². The summed E-state index contributed by atoms with van der Waals surface area (Å²) in [5.74, 6) is -0.0603. The third kappa shape index (κ3) is 32.3. The Hall–Kier alpha value is -5.59. The van der Waals surface area contributed by atoms with Crippen LogP contribution < -0.4 is 20.5 Å². The average molecular weight is 1050 g/mol. The van der Waals surface area contributed by atoms with Gasteiger partial charge in [0.25, 0.3) is 0 Å². The molecule has 0 aliphatic carbocycles. The molecule has 2 aromatic carbocycles. The molecule has 73 heavy (non-hydrogen) atoms. The summed E-state index contributed by atoms with van der Waals surface area (Å²) in [5.41, 5.74) is 4.07. The van der Waals surface area contributed by atoms with E-state index in [1.165, 1.54) is 63.2 Å². The van der Waals surface area contributed by atoms with E-state index in [9.17, 15) is 28.8 Å². The number of ether oxygens (including phenoxy) is 8. The number of hydrogen-bond acceptors (Lipinski definition) is 16. The highest BCUT2D eigenvalue weighted by atomic mass is 35.5. The van der Waals surface area contributed by atoms with Crippen molar-refractivity contribution in [2.75, 3.05) is 47.1 Å². The smallest absolute Gasteiger partial charge is 0.424 e. The zero-order valence-corrected chi connectivity index (χ0v) is 47.5. The molecule has 0 aliphatic rings. The van der Waals surface area contributed by atoms with E-state index >= 15 is 0 Å². The number of nitrogens with zero attached hydrogens (tertiary/aromatic N) is 2. The second-order valence-corrected chi connectivity index (χ2v) is 20.5. The van der Waals surface area contributed by atoms with Gasteiger partial charge in [-0.1, -0.05) is 70.4 Å². The molecule has 0 radical (unpaired) electrons. The normalized spacial score (nSPS) is 11.5. The van der Waals surface area contributed by atoms with Crippen LogP contribution in [-0.4, -0.2) is 122 Å². The minimum Gasteiger partial charge on any atom is -0.492 e. The number of benzene rings is 2. The fourth-order valence-corrected chi connectivity index (χ4v) is 5.81. The van der Waals surface area contributed by atoms with Crippen LogP contribution in [0.1, 0.15) is 147 Å². The van der Waals surface area contributed by atoms with Crippen LogP contribution in [0.4, 0.5) is 19.2 Å². The van der Waals surface area contributed by atoms with E-state index in [1.54, 1.807) is 83.1 Å². The minimum atomic E-state index is -1.29. The fraction of sp³-hybridized carbons (Fsp3) is 0.630. The molecule has 0 spiro atoms. The second-order valence-electron chi connectivity index (χ2n) is 20.5. The van der Waals surface area contributed by atoms with Crippen molar-refractivity contribution >= 4 is 48.7 Å². The van der Waals surface area contributed by atoms with Gasteiger partial charge in [-0.05, 0) is 144 Å². The number of methoxy groups -OCH3 is 2. The van der Waals surface area contributed by atoms with Crippen molar-refractivity contribution in [1.29, 1.82) is 0 Å². The number of unbranched alkanes of at least 4 members (excludes halogenated alkanes) is 4. The number of esters is 2. The topological polar surface area (TPSA) is 221 Å². The van der Waals surface area contributed by atoms with E-state index in [0.717, 1.165) is 25.0 Å². The molecule has 0 saturated heterocycles. The van der Waals surface area contributed by atoms with E-state index in [0.29, 0.717) is 36.1 Å². The van der Waals surface area contributed by atoms with Crippen molar-refractivity contribution in [1.82, 2.24) is 15.1 Å². The van der Waals surface area contributed by atoms with Gasteiger partial charge in [-0.15, -0.1) is 12.4 Å². The molecule has 2 aromatic rings. The maximum Gasteiger partial charge on any atom is 0.424 e. The van der Waals surface area contributed by atoms with Crippen molar-refractivity contribution in [2.24, 2.45) is 5.73 Å². The third-order valence-corrected chi connectivity index (χ3v) is 9.06. The molecule has 0 aliphatic heterocycles. The number of halogens is 1. The molecule has 0 bridgehead atoms. The number of carbonyl (C=O) groups is 6. The number of carbonyl (C=O) groups excluding carboxylic acids is 6. The molecule has 3 N–H and O–H groups in total. The maximum atomic E-state index is 12.9. The lowest BCUT2D eigenvalue weighted by Gasteiger charge is -2.32. The van der Waals surface area contributed by atoms with Crippen LogP contribution in [0.2, 0.25) is 0 Å². The number of amides is 4. The van der Waals surface area contributed by atoms with Crippen molar-refractivity contribution in [3.05, 3.63) is 71.9 Å². The van der Waals surface area contributed by atoms with Crippen LogP contribution in [0.25, 0.3) is 0 Å². The molecule has 1 unspecified atom stereocenters. The van der Waals surface area contributed by atoms with Crippen LogP contribution in [0.15, 0.2) is 60.8 Å². The Bertz CT molecular complexity index is 1900. The van der Waals surface area contributed by atoms with E-state index in [-0.39, 0.29) is 19.0 Å². The van der Waals surface area contributed by atoms with Crippen LogP contribution in [-0.2, 0) is 50.9 Å². The monoisotopic (exact) mass is 1050 g/mol. The van der Waals surface area contributed by atoms with Gasteiger partial charge in [-0.25, -0.2) is 28.8 Å². The zero-order chi connectivity index (χ0) is 55.3. The first-order valence-electron chi connectivity index (χ1n) is 24.6. The Kier molecular flexibility index (Phi) is 33.1. The van der Waals surface area contributed by atoms with E-state index < -0.39 is 70.5 Å². The molecule has 19 heteroatoms. The van der Waals surface area contributed by atoms with E-state index in [2.05, 4.69) is 54.7 Å². The summed E-state index contributed by atoms with van der Waals surface area (Å²) in [6.45, 7) is 29.3. The van der Waals surface area contributed by atoms with Gasteiger partial charge in [-0.3, -0.25) is 0 Å². The lowest BCUT2D eigenvalue weighted by Crippen LogP contribution is -2.55. The standard InChI is InChI=1S/C27H44N2O7.C14H23NO6.C13H21NO.ClH/c1-9-10-11-12-20-13-15-21(16-14-20)34-18-17-28-19-22(23(30)33-8)29(24(31)35-26(2,3)4)25(32)36-27(5,6)7;1-9(10(16)19-8)15(11(17)20-13(2,3)4)12(18)21-14(5,6)7;1-2-3-4-5-12-6-8-13(9-7-12)15-11-10-14;/h13-16,22,28H,9-12,17-19H2,1-8H3;1H2,2-8H3;6-9H,2-5,10-11,14H2,1H3;1H. The highest BCUT2D eigenvalue weighted by Crippen LogP contribution is 2.21. The highest BCUT2D eigenvalue weighted by molar-refractivity contribution is 6.00. The highest BCUT2D eigenvalue weighted by Gasteiger charge is 2.41. The predicted octanol–water partition coefficient (Wildman–Crippen LogP) is 11.1. The van der Waals surface area contributed by atoms with Crippen molar-refractivity contribution in [3.63, 3.8) is 0 Å². The molecule has 416 valence electrons. The first-order valence-corrected chi connectivity index (χ1v) is 24.6. The Morgan fingerprint density at radius 2 is 0.945 bits per heavy atom. The predicted molar refractivity (Wildman–Crippen MR) is 285 cm³/mol.